The molecule has 3 nitrogen and oxygen atoms in total. The summed E-state index contributed by atoms with van der Waals surface area (Å²) in [5, 5.41) is 0. The number of benzene rings is 1. The molecular formula is C15H19N3. The summed E-state index contributed by atoms with van der Waals surface area (Å²) in [6.07, 6.45) is 2.33. The summed E-state index contributed by atoms with van der Waals surface area (Å²) in [7, 11) is 0. The first-order valence-electron chi connectivity index (χ1n) is 6.56. The monoisotopic (exact) mass is 241 g/mol. The van der Waals surface area contributed by atoms with Gasteiger partial charge in [0.25, 0.3) is 0 Å². The van der Waals surface area contributed by atoms with Crippen LogP contribution in [0.25, 0.3) is 11.3 Å². The van der Waals surface area contributed by atoms with Crippen LogP contribution >= 0.6 is 0 Å². The Balaban J connectivity index is 2.20. The van der Waals surface area contributed by atoms with Crippen LogP contribution in [-0.4, -0.2) is 9.55 Å². The van der Waals surface area contributed by atoms with E-state index in [4.69, 9.17) is 10.7 Å². The molecule has 0 atom stereocenters. The van der Waals surface area contributed by atoms with Crippen LogP contribution in [0.2, 0.25) is 0 Å². The Bertz CT molecular complexity index is 596. The molecule has 1 aliphatic heterocycles. The first-order valence-corrected chi connectivity index (χ1v) is 6.56. The van der Waals surface area contributed by atoms with Crippen LogP contribution in [0.1, 0.15) is 29.1 Å². The number of nitrogens with two attached hydrogens (primary N) is 1. The lowest BCUT2D eigenvalue weighted by molar-refractivity contribution is 0.689. The van der Waals surface area contributed by atoms with E-state index in [1.54, 1.807) is 0 Å². The minimum Gasteiger partial charge on any atom is -0.330 e. The SMILES string of the molecule is Cc1ccc(C)c(-c2nc(CN)n3c2CCC3)c1. The molecule has 1 aromatic heterocycles. The van der Waals surface area contributed by atoms with Crippen LogP contribution in [0, 0.1) is 13.8 Å². The lowest BCUT2D eigenvalue weighted by Crippen LogP contribution is -2.06. The van der Waals surface area contributed by atoms with Crippen LogP contribution in [-0.2, 0) is 19.5 Å². The van der Waals surface area contributed by atoms with Crippen molar-refractivity contribution >= 4 is 0 Å². The fourth-order valence-corrected chi connectivity index (χ4v) is 2.82. The average molecular weight is 241 g/mol. The standard InChI is InChI=1S/C15H19N3/c1-10-5-6-11(2)12(8-10)15-13-4-3-7-18(13)14(9-16)17-15/h5-6,8H,3-4,7,9,16H2,1-2H3. The maximum atomic E-state index is 5.80. The van der Waals surface area contributed by atoms with Crippen LogP contribution < -0.4 is 5.73 Å². The van der Waals surface area contributed by atoms with E-state index in [0.29, 0.717) is 6.54 Å². The number of aromatic nitrogens is 2. The molecule has 0 aliphatic carbocycles. The molecule has 0 radical (unpaired) electrons. The molecule has 0 saturated carbocycles. The van der Waals surface area contributed by atoms with Crippen LogP contribution in [0.15, 0.2) is 18.2 Å². The maximum Gasteiger partial charge on any atom is 0.123 e. The first-order chi connectivity index (χ1) is 8.70. The van der Waals surface area contributed by atoms with E-state index in [0.717, 1.165) is 24.5 Å². The van der Waals surface area contributed by atoms with Gasteiger partial charge in [0, 0.05) is 17.8 Å². The Morgan fingerprint density at radius 2 is 2.17 bits per heavy atom. The van der Waals surface area contributed by atoms with E-state index in [1.165, 1.54) is 28.8 Å². The fraction of sp³-hybridized carbons (Fsp3) is 0.400. The molecule has 3 rings (SSSR count). The molecule has 0 unspecified atom stereocenters. The Labute approximate surface area is 108 Å². The largest absolute Gasteiger partial charge is 0.330 e. The third kappa shape index (κ3) is 1.66. The van der Waals surface area contributed by atoms with Gasteiger partial charge >= 0.3 is 0 Å². The highest BCUT2D eigenvalue weighted by Crippen LogP contribution is 2.31. The second kappa shape index (κ2) is 4.25. The molecule has 0 spiro atoms. The van der Waals surface area contributed by atoms with E-state index >= 15 is 0 Å². The number of rotatable bonds is 2. The average Bonchev–Trinajstić information content (AvgIpc) is 2.93. The molecule has 0 amide bonds. The van der Waals surface area contributed by atoms with E-state index < -0.39 is 0 Å². The molecule has 94 valence electrons. The highest BCUT2D eigenvalue weighted by molar-refractivity contribution is 5.67. The summed E-state index contributed by atoms with van der Waals surface area (Å²) in [6, 6.07) is 6.56. The van der Waals surface area contributed by atoms with Gasteiger partial charge in [-0.15, -0.1) is 0 Å². The van der Waals surface area contributed by atoms with Crippen molar-refractivity contribution in [1.82, 2.24) is 9.55 Å². The van der Waals surface area contributed by atoms with E-state index in [1.807, 2.05) is 0 Å². The van der Waals surface area contributed by atoms with Gasteiger partial charge in [-0.25, -0.2) is 4.98 Å². The van der Waals surface area contributed by atoms with Crippen molar-refractivity contribution in [3.63, 3.8) is 0 Å². The number of fused-ring (bicyclic) bond motifs is 1. The molecule has 1 aliphatic rings. The van der Waals surface area contributed by atoms with Gasteiger partial charge in [0.05, 0.1) is 12.2 Å². The van der Waals surface area contributed by atoms with Crippen molar-refractivity contribution in [3.05, 3.63) is 40.8 Å². The highest BCUT2D eigenvalue weighted by atomic mass is 15.1. The Kier molecular flexibility index (Phi) is 2.71. The van der Waals surface area contributed by atoms with Crippen LogP contribution in [0.4, 0.5) is 0 Å². The smallest absolute Gasteiger partial charge is 0.123 e. The molecule has 18 heavy (non-hydrogen) atoms. The van der Waals surface area contributed by atoms with Crippen molar-refractivity contribution in [3.8, 4) is 11.3 Å². The van der Waals surface area contributed by atoms with Gasteiger partial charge in [0.1, 0.15) is 5.82 Å². The van der Waals surface area contributed by atoms with Gasteiger partial charge in [-0.3, -0.25) is 0 Å². The third-order valence-corrected chi connectivity index (χ3v) is 3.78. The number of hydrogen-bond donors (Lipinski definition) is 1. The second-order valence-electron chi connectivity index (χ2n) is 5.10. The molecule has 0 fully saturated rings. The number of hydrogen-bond acceptors (Lipinski definition) is 2. The number of imidazole rings is 1. The number of aryl methyl sites for hydroxylation is 2. The minimum atomic E-state index is 0.526. The first kappa shape index (κ1) is 11.5. The minimum absolute atomic E-state index is 0.526. The summed E-state index contributed by atoms with van der Waals surface area (Å²) in [6.45, 7) is 5.87. The van der Waals surface area contributed by atoms with Gasteiger partial charge < -0.3 is 10.3 Å². The van der Waals surface area contributed by atoms with Gasteiger partial charge in [-0.05, 0) is 38.3 Å². The van der Waals surface area contributed by atoms with Crippen molar-refractivity contribution in [2.45, 2.75) is 39.8 Å². The van der Waals surface area contributed by atoms with Crippen molar-refractivity contribution in [1.29, 1.82) is 0 Å². The molecule has 0 bridgehead atoms. The van der Waals surface area contributed by atoms with Crippen molar-refractivity contribution in [2.24, 2.45) is 5.73 Å². The normalized spacial score (nSPS) is 13.9. The Morgan fingerprint density at radius 1 is 1.33 bits per heavy atom. The predicted molar refractivity (Wildman–Crippen MR) is 73.3 cm³/mol. The molecule has 2 heterocycles. The highest BCUT2D eigenvalue weighted by Gasteiger charge is 2.22. The Morgan fingerprint density at radius 3 is 2.94 bits per heavy atom. The van der Waals surface area contributed by atoms with Gasteiger partial charge in [-0.2, -0.15) is 0 Å². The van der Waals surface area contributed by atoms with Crippen LogP contribution in [0.5, 0.6) is 0 Å². The molecule has 2 aromatic rings. The van der Waals surface area contributed by atoms with Gasteiger partial charge in [-0.1, -0.05) is 17.7 Å². The van der Waals surface area contributed by atoms with Crippen molar-refractivity contribution < 1.29 is 0 Å². The van der Waals surface area contributed by atoms with E-state index in [-0.39, 0.29) is 0 Å². The van der Waals surface area contributed by atoms with Crippen LogP contribution in [0.3, 0.4) is 0 Å². The summed E-state index contributed by atoms with van der Waals surface area (Å²) < 4.78 is 2.30. The molecule has 1 aromatic carbocycles. The summed E-state index contributed by atoms with van der Waals surface area (Å²) in [5.41, 5.74) is 12.1. The van der Waals surface area contributed by atoms with Crippen molar-refractivity contribution in [2.75, 3.05) is 0 Å². The summed E-state index contributed by atoms with van der Waals surface area (Å²) in [4.78, 5) is 4.76. The zero-order valence-electron chi connectivity index (χ0n) is 11.0. The molecule has 0 saturated heterocycles. The van der Waals surface area contributed by atoms with Gasteiger partial charge in [0.15, 0.2) is 0 Å². The summed E-state index contributed by atoms with van der Waals surface area (Å²) >= 11 is 0. The third-order valence-electron chi connectivity index (χ3n) is 3.78. The predicted octanol–water partition coefficient (Wildman–Crippen LogP) is 2.57. The maximum absolute atomic E-state index is 5.80. The quantitative estimate of drug-likeness (QED) is 0.878. The molecule has 3 heteroatoms. The lowest BCUT2D eigenvalue weighted by atomic mass is 10.0. The zero-order valence-corrected chi connectivity index (χ0v) is 11.0. The zero-order chi connectivity index (χ0) is 12.7. The fourth-order valence-electron chi connectivity index (χ4n) is 2.82. The van der Waals surface area contributed by atoms with E-state index in [2.05, 4.69) is 36.6 Å². The molecular weight excluding hydrogens is 222 g/mol. The summed E-state index contributed by atoms with van der Waals surface area (Å²) in [5.74, 6) is 1.03. The number of nitrogens with zero attached hydrogens (tertiary/aromatic N) is 2. The van der Waals surface area contributed by atoms with E-state index in [9.17, 15) is 0 Å². The topological polar surface area (TPSA) is 43.8 Å². The lowest BCUT2D eigenvalue weighted by Gasteiger charge is -2.06. The molecule has 2 N–H and O–H groups in total. The Hall–Kier alpha value is -1.61. The van der Waals surface area contributed by atoms with Gasteiger partial charge in [0.2, 0.25) is 0 Å². The second-order valence-corrected chi connectivity index (χ2v) is 5.10.